The predicted octanol–water partition coefficient (Wildman–Crippen LogP) is -0.0719. The third-order valence-electron chi connectivity index (χ3n) is 2.26. The lowest BCUT2D eigenvalue weighted by molar-refractivity contribution is -0.117. The molecule has 0 saturated carbocycles. The summed E-state index contributed by atoms with van der Waals surface area (Å²) in [5.41, 5.74) is 6.18. The molecule has 0 spiro atoms. The van der Waals surface area contributed by atoms with Gasteiger partial charge in [-0.05, 0) is 31.5 Å². The van der Waals surface area contributed by atoms with E-state index in [1.807, 2.05) is 0 Å². The zero-order chi connectivity index (χ0) is 13.2. The summed E-state index contributed by atoms with van der Waals surface area (Å²) in [5.74, 6) is -0.389. The van der Waals surface area contributed by atoms with Crippen LogP contribution < -0.4 is 16.2 Å². The summed E-state index contributed by atoms with van der Waals surface area (Å²) in [6.45, 7) is 3.10. The Balaban J connectivity index is 3.16. The van der Waals surface area contributed by atoms with Gasteiger partial charge in [0.25, 0.3) is 0 Å². The number of carbonyl (C=O) groups is 1. The molecule has 94 valence electrons. The van der Waals surface area contributed by atoms with E-state index in [4.69, 9.17) is 10.9 Å². The molecule has 1 amide bonds. The summed E-state index contributed by atoms with van der Waals surface area (Å²) in [5, 5.41) is 7.59. The third kappa shape index (κ3) is 3.26. The highest BCUT2D eigenvalue weighted by Gasteiger charge is 2.15. The van der Waals surface area contributed by atoms with Crippen molar-refractivity contribution in [1.29, 1.82) is 0 Å². The lowest BCUT2D eigenvalue weighted by atomic mass is 10.2. The largest absolute Gasteiger partial charge is 0.324 e. The molecule has 7 heteroatoms. The quantitative estimate of drug-likeness (QED) is 0.702. The number of hydrogen-bond acceptors (Lipinski definition) is 4. The standard InChI is InChI=1S/C10H15N3O3S/c1-6-8(13-10(14)7(2)11)4-3-5-9(6)17(12,15)16/h3-5,7H,11H2,1-2H3,(H,13,14)(H2,12,15,16)/t7-/m1/s1. The van der Waals surface area contributed by atoms with Crippen molar-refractivity contribution in [1.82, 2.24) is 0 Å². The summed E-state index contributed by atoms with van der Waals surface area (Å²) in [6, 6.07) is 3.80. The first-order valence-corrected chi connectivity index (χ1v) is 6.47. The molecular weight excluding hydrogens is 242 g/mol. The number of primary sulfonamides is 1. The van der Waals surface area contributed by atoms with E-state index in [1.54, 1.807) is 13.0 Å². The van der Waals surface area contributed by atoms with Crippen molar-refractivity contribution in [3.63, 3.8) is 0 Å². The summed E-state index contributed by atoms with van der Waals surface area (Å²) in [4.78, 5) is 11.4. The maximum atomic E-state index is 11.4. The zero-order valence-electron chi connectivity index (χ0n) is 9.60. The molecule has 0 aromatic heterocycles. The molecule has 0 saturated heterocycles. The van der Waals surface area contributed by atoms with Gasteiger partial charge in [0.2, 0.25) is 15.9 Å². The van der Waals surface area contributed by atoms with E-state index < -0.39 is 16.1 Å². The summed E-state index contributed by atoms with van der Waals surface area (Å²) in [6.07, 6.45) is 0. The fraction of sp³-hybridized carbons (Fsp3) is 0.300. The Bertz CT molecular complexity index is 538. The number of rotatable bonds is 3. The Hall–Kier alpha value is -1.44. The maximum absolute atomic E-state index is 11.4. The van der Waals surface area contributed by atoms with E-state index >= 15 is 0 Å². The smallest absolute Gasteiger partial charge is 0.241 e. The molecular formula is C10H15N3O3S. The fourth-order valence-corrected chi connectivity index (χ4v) is 2.11. The summed E-state index contributed by atoms with van der Waals surface area (Å²) in [7, 11) is -3.79. The Morgan fingerprint density at radius 2 is 2.00 bits per heavy atom. The molecule has 0 aliphatic rings. The van der Waals surface area contributed by atoms with Crippen LogP contribution >= 0.6 is 0 Å². The molecule has 0 unspecified atom stereocenters. The third-order valence-corrected chi connectivity index (χ3v) is 3.32. The molecule has 1 atom stereocenters. The molecule has 1 aromatic rings. The minimum absolute atomic E-state index is 0.0139. The molecule has 0 heterocycles. The van der Waals surface area contributed by atoms with Crippen molar-refractivity contribution in [3.8, 4) is 0 Å². The highest BCUT2D eigenvalue weighted by Crippen LogP contribution is 2.21. The lowest BCUT2D eigenvalue weighted by Gasteiger charge is -2.12. The minimum Gasteiger partial charge on any atom is -0.324 e. The van der Waals surface area contributed by atoms with Crippen molar-refractivity contribution < 1.29 is 13.2 Å². The average Bonchev–Trinajstić information content (AvgIpc) is 2.19. The van der Waals surface area contributed by atoms with Gasteiger partial charge in [-0.2, -0.15) is 0 Å². The molecule has 0 aliphatic carbocycles. The van der Waals surface area contributed by atoms with Crippen LogP contribution in [0.3, 0.4) is 0 Å². The summed E-state index contributed by atoms with van der Waals surface area (Å²) < 4.78 is 22.5. The molecule has 0 bridgehead atoms. The van der Waals surface area contributed by atoms with Gasteiger partial charge in [0.15, 0.2) is 0 Å². The van der Waals surface area contributed by atoms with E-state index in [-0.39, 0.29) is 10.8 Å². The van der Waals surface area contributed by atoms with Crippen molar-refractivity contribution in [2.45, 2.75) is 24.8 Å². The van der Waals surface area contributed by atoms with Crippen LogP contribution in [0.1, 0.15) is 12.5 Å². The normalized spacial score (nSPS) is 13.2. The van der Waals surface area contributed by atoms with Crippen molar-refractivity contribution in [3.05, 3.63) is 23.8 Å². The second-order valence-corrected chi connectivity index (χ2v) is 5.28. The number of benzene rings is 1. The first-order valence-electron chi connectivity index (χ1n) is 4.92. The Kier molecular flexibility index (Phi) is 3.87. The minimum atomic E-state index is -3.79. The monoisotopic (exact) mass is 257 g/mol. The highest BCUT2D eigenvalue weighted by molar-refractivity contribution is 7.89. The first-order chi connectivity index (χ1) is 7.73. The van der Waals surface area contributed by atoms with Gasteiger partial charge in [-0.25, -0.2) is 13.6 Å². The van der Waals surface area contributed by atoms with Crippen LogP contribution in [-0.4, -0.2) is 20.4 Å². The van der Waals surface area contributed by atoms with Gasteiger partial charge in [0, 0.05) is 5.69 Å². The number of sulfonamides is 1. The van der Waals surface area contributed by atoms with Gasteiger partial charge < -0.3 is 11.1 Å². The number of nitrogens with two attached hydrogens (primary N) is 2. The lowest BCUT2D eigenvalue weighted by Crippen LogP contribution is -2.32. The van der Waals surface area contributed by atoms with Crippen LogP contribution in [0.4, 0.5) is 5.69 Å². The molecule has 0 aliphatic heterocycles. The van der Waals surface area contributed by atoms with Crippen LogP contribution in [0.5, 0.6) is 0 Å². The second kappa shape index (κ2) is 4.82. The molecule has 5 N–H and O–H groups in total. The molecule has 6 nitrogen and oxygen atoms in total. The van der Waals surface area contributed by atoms with E-state index in [9.17, 15) is 13.2 Å². The Morgan fingerprint density at radius 3 is 2.47 bits per heavy atom. The maximum Gasteiger partial charge on any atom is 0.241 e. The topological polar surface area (TPSA) is 115 Å². The second-order valence-electron chi connectivity index (χ2n) is 3.75. The molecule has 1 rings (SSSR count). The van der Waals surface area contributed by atoms with Gasteiger partial charge in [0.1, 0.15) is 0 Å². The van der Waals surface area contributed by atoms with E-state index in [1.165, 1.54) is 19.1 Å². The van der Waals surface area contributed by atoms with Crippen LogP contribution in [0.15, 0.2) is 23.1 Å². The van der Waals surface area contributed by atoms with Crippen molar-refractivity contribution >= 4 is 21.6 Å². The van der Waals surface area contributed by atoms with Gasteiger partial charge in [-0.3, -0.25) is 4.79 Å². The molecule has 17 heavy (non-hydrogen) atoms. The Labute approximate surface area is 100 Å². The first kappa shape index (κ1) is 13.6. The number of anilines is 1. The van der Waals surface area contributed by atoms with E-state index in [2.05, 4.69) is 5.32 Å². The fourth-order valence-electron chi connectivity index (χ4n) is 1.30. The van der Waals surface area contributed by atoms with Gasteiger partial charge >= 0.3 is 0 Å². The van der Waals surface area contributed by atoms with Crippen LogP contribution in [-0.2, 0) is 14.8 Å². The number of amides is 1. The van der Waals surface area contributed by atoms with Gasteiger partial charge in [-0.15, -0.1) is 0 Å². The van der Waals surface area contributed by atoms with Crippen LogP contribution in [0.2, 0.25) is 0 Å². The Morgan fingerprint density at radius 1 is 1.41 bits per heavy atom. The van der Waals surface area contributed by atoms with Crippen molar-refractivity contribution in [2.75, 3.05) is 5.32 Å². The van der Waals surface area contributed by atoms with Crippen molar-refractivity contribution in [2.24, 2.45) is 10.9 Å². The van der Waals surface area contributed by atoms with Crippen LogP contribution in [0, 0.1) is 6.92 Å². The zero-order valence-corrected chi connectivity index (χ0v) is 10.4. The number of nitrogens with one attached hydrogen (secondary N) is 1. The molecule has 0 radical (unpaired) electrons. The average molecular weight is 257 g/mol. The number of hydrogen-bond donors (Lipinski definition) is 3. The molecule has 1 aromatic carbocycles. The van der Waals surface area contributed by atoms with Gasteiger partial charge in [-0.1, -0.05) is 6.07 Å². The number of carbonyl (C=O) groups excluding carboxylic acids is 1. The van der Waals surface area contributed by atoms with E-state index in [0.717, 1.165) is 0 Å². The predicted molar refractivity (Wildman–Crippen MR) is 64.8 cm³/mol. The van der Waals surface area contributed by atoms with Crippen LogP contribution in [0.25, 0.3) is 0 Å². The van der Waals surface area contributed by atoms with E-state index in [0.29, 0.717) is 11.3 Å². The summed E-state index contributed by atoms with van der Waals surface area (Å²) >= 11 is 0. The van der Waals surface area contributed by atoms with Gasteiger partial charge in [0.05, 0.1) is 10.9 Å². The SMILES string of the molecule is Cc1c(NC(=O)[C@@H](C)N)cccc1S(N)(=O)=O. The highest BCUT2D eigenvalue weighted by atomic mass is 32.2. The molecule has 0 fully saturated rings.